The molecule has 3 heterocycles. The van der Waals surface area contributed by atoms with Gasteiger partial charge in [-0.2, -0.15) is 5.10 Å². The molecule has 1 aliphatic heterocycles. The number of aryl methyl sites for hydroxylation is 4. The van der Waals surface area contributed by atoms with Crippen LogP contribution in [-0.2, 0) is 32.9 Å². The maximum atomic E-state index is 4.79. The summed E-state index contributed by atoms with van der Waals surface area (Å²) in [4.78, 5) is 4.79. The highest BCUT2D eigenvalue weighted by Gasteiger charge is 2.15. The number of nitrogens with zero attached hydrogens (tertiary/aromatic N) is 6. The Balaban J connectivity index is 1.52. The molecule has 8 heteroatoms. The van der Waals surface area contributed by atoms with Crippen molar-refractivity contribution in [2.24, 2.45) is 12.0 Å². The van der Waals surface area contributed by atoms with Gasteiger partial charge in [0, 0.05) is 51.3 Å². The van der Waals surface area contributed by atoms with Crippen LogP contribution in [0.25, 0.3) is 0 Å². The SMILES string of the molecule is CCNC(=NCCCc1nnc2n1CCCCC2)NC(C)Cc1c(C)nn(C)c1C. The van der Waals surface area contributed by atoms with E-state index in [2.05, 4.69) is 58.2 Å². The van der Waals surface area contributed by atoms with Crippen molar-refractivity contribution in [2.45, 2.75) is 85.2 Å². The van der Waals surface area contributed by atoms with Crippen LogP contribution in [0.15, 0.2) is 4.99 Å². The molecular weight excluding hydrogens is 376 g/mol. The second-order valence-electron chi connectivity index (χ2n) is 8.38. The standard InChI is InChI=1S/C22H38N8/c1-6-23-22(25-16(2)15-19-17(3)28-29(5)18(19)4)24-13-10-12-21-27-26-20-11-8-7-9-14-30(20)21/h16H,6-15H2,1-5H3,(H2,23,24,25). The van der Waals surface area contributed by atoms with Crippen molar-refractivity contribution in [3.8, 4) is 0 Å². The molecule has 0 spiro atoms. The van der Waals surface area contributed by atoms with Crippen molar-refractivity contribution in [1.29, 1.82) is 0 Å². The number of aromatic nitrogens is 5. The molecule has 2 aromatic rings. The van der Waals surface area contributed by atoms with Crippen LogP contribution in [0, 0.1) is 13.8 Å². The molecule has 3 rings (SSSR count). The highest BCUT2D eigenvalue weighted by Crippen LogP contribution is 2.16. The maximum absolute atomic E-state index is 4.79. The van der Waals surface area contributed by atoms with Gasteiger partial charge in [-0.1, -0.05) is 6.42 Å². The van der Waals surface area contributed by atoms with Crippen molar-refractivity contribution < 1.29 is 0 Å². The minimum atomic E-state index is 0.275. The molecule has 2 N–H and O–H groups in total. The largest absolute Gasteiger partial charge is 0.357 e. The second kappa shape index (κ2) is 10.6. The van der Waals surface area contributed by atoms with E-state index in [1.807, 2.05) is 11.7 Å². The van der Waals surface area contributed by atoms with Gasteiger partial charge in [0.15, 0.2) is 5.96 Å². The molecule has 1 atom stereocenters. The molecule has 0 aromatic carbocycles. The van der Waals surface area contributed by atoms with Gasteiger partial charge in [0.1, 0.15) is 11.6 Å². The third-order valence-corrected chi connectivity index (χ3v) is 5.91. The van der Waals surface area contributed by atoms with Gasteiger partial charge >= 0.3 is 0 Å². The van der Waals surface area contributed by atoms with Crippen molar-refractivity contribution >= 4 is 5.96 Å². The van der Waals surface area contributed by atoms with E-state index >= 15 is 0 Å². The quantitative estimate of drug-likeness (QED) is 0.394. The molecule has 0 saturated heterocycles. The van der Waals surface area contributed by atoms with E-state index in [4.69, 9.17) is 4.99 Å². The van der Waals surface area contributed by atoms with Crippen molar-refractivity contribution in [3.63, 3.8) is 0 Å². The number of hydrogen-bond acceptors (Lipinski definition) is 4. The molecule has 2 aromatic heterocycles. The Morgan fingerprint density at radius 1 is 1.20 bits per heavy atom. The molecule has 0 radical (unpaired) electrons. The number of nitrogens with one attached hydrogen (secondary N) is 2. The van der Waals surface area contributed by atoms with Crippen molar-refractivity contribution in [1.82, 2.24) is 35.2 Å². The molecule has 0 saturated carbocycles. The van der Waals surface area contributed by atoms with Crippen LogP contribution in [0.3, 0.4) is 0 Å². The molecular formula is C22H38N8. The van der Waals surface area contributed by atoms with Gasteiger partial charge in [-0.15, -0.1) is 10.2 Å². The van der Waals surface area contributed by atoms with E-state index in [9.17, 15) is 0 Å². The summed E-state index contributed by atoms with van der Waals surface area (Å²) in [6.07, 6.45) is 7.66. The fourth-order valence-corrected chi connectivity index (χ4v) is 4.18. The first-order valence-electron chi connectivity index (χ1n) is 11.4. The molecule has 1 unspecified atom stereocenters. The summed E-state index contributed by atoms with van der Waals surface area (Å²) in [6, 6.07) is 0.275. The third kappa shape index (κ3) is 5.61. The van der Waals surface area contributed by atoms with Crippen LogP contribution < -0.4 is 10.6 Å². The first-order chi connectivity index (χ1) is 14.5. The smallest absolute Gasteiger partial charge is 0.191 e. The normalized spacial score (nSPS) is 15.6. The van der Waals surface area contributed by atoms with Gasteiger partial charge in [-0.25, -0.2) is 0 Å². The number of guanidine groups is 1. The summed E-state index contributed by atoms with van der Waals surface area (Å²) in [5.74, 6) is 3.16. The molecule has 8 nitrogen and oxygen atoms in total. The van der Waals surface area contributed by atoms with Gasteiger partial charge in [0.05, 0.1) is 5.69 Å². The molecule has 1 aliphatic rings. The molecule has 0 aliphatic carbocycles. The molecule has 30 heavy (non-hydrogen) atoms. The van der Waals surface area contributed by atoms with E-state index in [1.54, 1.807) is 0 Å². The fraction of sp³-hybridized carbons (Fsp3) is 0.727. The van der Waals surface area contributed by atoms with Gasteiger partial charge in [-0.3, -0.25) is 9.67 Å². The Hall–Kier alpha value is -2.38. The lowest BCUT2D eigenvalue weighted by Gasteiger charge is -2.18. The lowest BCUT2D eigenvalue weighted by atomic mass is 10.1. The summed E-state index contributed by atoms with van der Waals surface area (Å²) in [5, 5.41) is 20.3. The highest BCUT2D eigenvalue weighted by atomic mass is 15.3. The fourth-order valence-electron chi connectivity index (χ4n) is 4.18. The van der Waals surface area contributed by atoms with E-state index < -0.39 is 0 Å². The average Bonchev–Trinajstić information content (AvgIpc) is 3.08. The van der Waals surface area contributed by atoms with Gasteiger partial charge < -0.3 is 15.2 Å². The van der Waals surface area contributed by atoms with Gasteiger partial charge in [0.2, 0.25) is 0 Å². The van der Waals surface area contributed by atoms with Crippen LogP contribution in [0.2, 0.25) is 0 Å². The average molecular weight is 415 g/mol. The number of rotatable bonds is 8. The van der Waals surface area contributed by atoms with Crippen LogP contribution >= 0.6 is 0 Å². The highest BCUT2D eigenvalue weighted by molar-refractivity contribution is 5.80. The zero-order chi connectivity index (χ0) is 21.5. The van der Waals surface area contributed by atoms with Crippen LogP contribution in [0.5, 0.6) is 0 Å². The Morgan fingerprint density at radius 2 is 2.03 bits per heavy atom. The van der Waals surface area contributed by atoms with Crippen LogP contribution in [0.4, 0.5) is 0 Å². The minimum absolute atomic E-state index is 0.275. The first kappa shape index (κ1) is 22.3. The Morgan fingerprint density at radius 3 is 2.77 bits per heavy atom. The minimum Gasteiger partial charge on any atom is -0.357 e. The predicted octanol–water partition coefficient (Wildman–Crippen LogP) is 2.47. The maximum Gasteiger partial charge on any atom is 0.191 e. The third-order valence-electron chi connectivity index (χ3n) is 5.91. The topological polar surface area (TPSA) is 84.9 Å². The number of fused-ring (bicyclic) bond motifs is 1. The molecule has 0 amide bonds. The summed E-state index contributed by atoms with van der Waals surface area (Å²) >= 11 is 0. The van der Waals surface area contributed by atoms with Crippen molar-refractivity contribution in [3.05, 3.63) is 28.6 Å². The van der Waals surface area contributed by atoms with E-state index in [1.165, 1.54) is 30.5 Å². The monoisotopic (exact) mass is 414 g/mol. The Kier molecular flexibility index (Phi) is 7.87. The van der Waals surface area contributed by atoms with E-state index in [0.717, 1.165) is 68.6 Å². The Bertz CT molecular complexity index is 848. The summed E-state index contributed by atoms with van der Waals surface area (Å²) < 4.78 is 4.29. The zero-order valence-electron chi connectivity index (χ0n) is 19.3. The Labute approximate surface area is 180 Å². The molecule has 166 valence electrons. The van der Waals surface area contributed by atoms with Gasteiger partial charge in [0.25, 0.3) is 0 Å². The van der Waals surface area contributed by atoms with E-state index in [0.29, 0.717) is 0 Å². The first-order valence-corrected chi connectivity index (χ1v) is 11.4. The van der Waals surface area contributed by atoms with Crippen molar-refractivity contribution in [2.75, 3.05) is 13.1 Å². The molecule has 0 bridgehead atoms. The number of hydrogen-bond donors (Lipinski definition) is 2. The lowest BCUT2D eigenvalue weighted by molar-refractivity contribution is 0.596. The van der Waals surface area contributed by atoms with Crippen LogP contribution in [0.1, 0.15) is 68.1 Å². The number of aliphatic imine (C=N–C) groups is 1. The second-order valence-corrected chi connectivity index (χ2v) is 8.38. The summed E-state index contributed by atoms with van der Waals surface area (Å²) in [5.41, 5.74) is 3.66. The summed E-state index contributed by atoms with van der Waals surface area (Å²) in [6.45, 7) is 11.2. The molecule has 0 fully saturated rings. The lowest BCUT2D eigenvalue weighted by Crippen LogP contribution is -2.43. The van der Waals surface area contributed by atoms with Gasteiger partial charge in [-0.05, 0) is 58.9 Å². The van der Waals surface area contributed by atoms with Crippen LogP contribution in [-0.4, -0.2) is 49.6 Å². The van der Waals surface area contributed by atoms with E-state index in [-0.39, 0.29) is 6.04 Å². The zero-order valence-corrected chi connectivity index (χ0v) is 19.3. The summed E-state index contributed by atoms with van der Waals surface area (Å²) in [7, 11) is 2.00. The predicted molar refractivity (Wildman–Crippen MR) is 121 cm³/mol.